The van der Waals surface area contributed by atoms with Crippen molar-refractivity contribution >= 4 is 11.3 Å². The number of nitrogens with one attached hydrogen (secondary N) is 1. The highest BCUT2D eigenvalue weighted by molar-refractivity contribution is 7.12. The molecule has 1 atom stereocenters. The Morgan fingerprint density at radius 3 is 2.67 bits per heavy atom. The van der Waals surface area contributed by atoms with Gasteiger partial charge in [0, 0.05) is 22.2 Å². The molecule has 0 amide bonds. The van der Waals surface area contributed by atoms with Crippen LogP contribution >= 0.6 is 11.3 Å². The Balaban J connectivity index is 2.68. The Morgan fingerprint density at radius 2 is 2.20 bits per heavy atom. The number of thiophene rings is 1. The lowest BCUT2D eigenvalue weighted by atomic mass is 10.1. The third-order valence-corrected chi connectivity index (χ3v) is 3.88. The second kappa shape index (κ2) is 5.95. The summed E-state index contributed by atoms with van der Waals surface area (Å²) >= 11 is 1.89. The van der Waals surface area contributed by atoms with E-state index in [-0.39, 0.29) is 0 Å². The maximum Gasteiger partial charge on any atom is 0.0421 e. The Morgan fingerprint density at radius 1 is 1.47 bits per heavy atom. The SMILES string of the molecule is CC#CCCC(NC)c1cc(C)c(C)s1. The molecule has 0 fully saturated rings. The van der Waals surface area contributed by atoms with Crippen molar-refractivity contribution in [3.8, 4) is 11.8 Å². The standard InChI is InChI=1S/C13H19NS/c1-5-6-7-8-12(14-4)13-9-10(2)11(3)15-13/h9,12,14H,7-8H2,1-4H3. The summed E-state index contributed by atoms with van der Waals surface area (Å²) in [5, 5.41) is 3.36. The summed E-state index contributed by atoms with van der Waals surface area (Å²) in [7, 11) is 2.02. The minimum Gasteiger partial charge on any atom is -0.312 e. The van der Waals surface area contributed by atoms with Gasteiger partial charge in [0.1, 0.15) is 0 Å². The zero-order chi connectivity index (χ0) is 11.3. The first-order valence-electron chi connectivity index (χ1n) is 5.32. The lowest BCUT2D eigenvalue weighted by Crippen LogP contribution is -2.14. The van der Waals surface area contributed by atoms with Crippen LogP contribution in [-0.4, -0.2) is 7.05 Å². The molecule has 82 valence electrons. The molecule has 0 aromatic carbocycles. The molecule has 1 nitrogen and oxygen atoms in total. The Hall–Kier alpha value is -0.780. The van der Waals surface area contributed by atoms with Gasteiger partial charge in [0.15, 0.2) is 0 Å². The topological polar surface area (TPSA) is 12.0 Å². The van der Waals surface area contributed by atoms with Gasteiger partial charge in [-0.15, -0.1) is 23.2 Å². The maximum atomic E-state index is 3.36. The minimum atomic E-state index is 0.461. The molecule has 0 saturated carbocycles. The van der Waals surface area contributed by atoms with Gasteiger partial charge in [0.25, 0.3) is 0 Å². The molecule has 1 rings (SSSR count). The third kappa shape index (κ3) is 3.37. The van der Waals surface area contributed by atoms with Gasteiger partial charge >= 0.3 is 0 Å². The van der Waals surface area contributed by atoms with Gasteiger partial charge in [-0.1, -0.05) is 0 Å². The predicted molar refractivity (Wildman–Crippen MR) is 68.3 cm³/mol. The highest BCUT2D eigenvalue weighted by Crippen LogP contribution is 2.28. The van der Waals surface area contributed by atoms with Crippen LogP contribution in [0.2, 0.25) is 0 Å². The van der Waals surface area contributed by atoms with Crippen molar-refractivity contribution in [2.45, 2.75) is 39.7 Å². The largest absolute Gasteiger partial charge is 0.312 e. The highest BCUT2D eigenvalue weighted by atomic mass is 32.1. The maximum absolute atomic E-state index is 3.36. The summed E-state index contributed by atoms with van der Waals surface area (Å²) in [4.78, 5) is 2.86. The summed E-state index contributed by atoms with van der Waals surface area (Å²) in [6, 6.07) is 2.75. The van der Waals surface area contributed by atoms with Crippen LogP contribution in [0.3, 0.4) is 0 Å². The Bertz CT molecular complexity index is 348. The zero-order valence-electron chi connectivity index (χ0n) is 9.98. The predicted octanol–water partition coefficient (Wildman–Crippen LogP) is 3.43. The Kier molecular flexibility index (Phi) is 4.87. The van der Waals surface area contributed by atoms with Crippen molar-refractivity contribution in [3.63, 3.8) is 0 Å². The molecule has 1 unspecified atom stereocenters. The lowest BCUT2D eigenvalue weighted by molar-refractivity contribution is 0.567. The van der Waals surface area contributed by atoms with E-state index < -0.39 is 0 Å². The van der Waals surface area contributed by atoms with Crippen LogP contribution in [0.15, 0.2) is 6.07 Å². The van der Waals surface area contributed by atoms with Crippen molar-refractivity contribution in [2.24, 2.45) is 0 Å². The van der Waals surface area contributed by atoms with E-state index in [1.807, 2.05) is 25.3 Å². The second-order valence-electron chi connectivity index (χ2n) is 3.69. The molecule has 0 spiro atoms. The smallest absolute Gasteiger partial charge is 0.0421 e. The molecule has 1 aromatic heterocycles. The fourth-order valence-corrected chi connectivity index (χ4v) is 2.73. The molecule has 0 saturated heterocycles. The van der Waals surface area contributed by atoms with E-state index >= 15 is 0 Å². The van der Waals surface area contributed by atoms with Gasteiger partial charge in [-0.05, 0) is 45.9 Å². The summed E-state index contributed by atoms with van der Waals surface area (Å²) < 4.78 is 0. The molecule has 1 N–H and O–H groups in total. The molecule has 0 aliphatic heterocycles. The van der Waals surface area contributed by atoms with Crippen molar-refractivity contribution in [2.75, 3.05) is 7.05 Å². The average molecular weight is 221 g/mol. The van der Waals surface area contributed by atoms with Crippen molar-refractivity contribution < 1.29 is 0 Å². The fraction of sp³-hybridized carbons (Fsp3) is 0.538. The van der Waals surface area contributed by atoms with Gasteiger partial charge in [-0.3, -0.25) is 0 Å². The quantitative estimate of drug-likeness (QED) is 0.768. The van der Waals surface area contributed by atoms with E-state index in [2.05, 4.69) is 37.1 Å². The molecule has 0 bridgehead atoms. The summed E-state index contributed by atoms with van der Waals surface area (Å²) in [6.45, 7) is 6.25. The van der Waals surface area contributed by atoms with Gasteiger partial charge in [-0.2, -0.15) is 0 Å². The molecule has 0 radical (unpaired) electrons. The van der Waals surface area contributed by atoms with Crippen LogP contribution < -0.4 is 5.32 Å². The van der Waals surface area contributed by atoms with Crippen LogP contribution in [0.25, 0.3) is 0 Å². The second-order valence-corrected chi connectivity index (χ2v) is 4.98. The van der Waals surface area contributed by atoms with Crippen molar-refractivity contribution in [1.82, 2.24) is 5.32 Å². The molecule has 15 heavy (non-hydrogen) atoms. The number of aryl methyl sites for hydroxylation is 2. The van der Waals surface area contributed by atoms with E-state index in [4.69, 9.17) is 0 Å². The molecular weight excluding hydrogens is 202 g/mol. The van der Waals surface area contributed by atoms with Crippen LogP contribution in [0, 0.1) is 25.7 Å². The molecule has 1 aromatic rings. The lowest BCUT2D eigenvalue weighted by Gasteiger charge is -2.12. The van der Waals surface area contributed by atoms with Gasteiger partial charge in [0.2, 0.25) is 0 Å². The number of rotatable bonds is 4. The monoisotopic (exact) mass is 221 g/mol. The fourth-order valence-electron chi connectivity index (χ4n) is 1.54. The van der Waals surface area contributed by atoms with E-state index in [1.165, 1.54) is 15.3 Å². The summed E-state index contributed by atoms with van der Waals surface area (Å²) in [6.07, 6.45) is 2.06. The van der Waals surface area contributed by atoms with Gasteiger partial charge < -0.3 is 5.32 Å². The summed E-state index contributed by atoms with van der Waals surface area (Å²) in [5.74, 6) is 6.06. The van der Waals surface area contributed by atoms with Crippen molar-refractivity contribution in [1.29, 1.82) is 0 Å². The zero-order valence-corrected chi connectivity index (χ0v) is 10.8. The molecule has 0 aliphatic carbocycles. The molecule has 2 heteroatoms. The normalized spacial score (nSPS) is 12.0. The minimum absolute atomic E-state index is 0.461. The van der Waals surface area contributed by atoms with Crippen LogP contribution in [0.5, 0.6) is 0 Å². The average Bonchev–Trinajstić information content (AvgIpc) is 2.54. The summed E-state index contributed by atoms with van der Waals surface area (Å²) in [5.41, 5.74) is 1.40. The molecule has 1 heterocycles. The first-order valence-corrected chi connectivity index (χ1v) is 6.14. The molecule has 0 aliphatic rings. The number of hydrogen-bond acceptors (Lipinski definition) is 2. The van der Waals surface area contributed by atoms with Gasteiger partial charge in [-0.25, -0.2) is 0 Å². The van der Waals surface area contributed by atoms with Crippen LogP contribution in [-0.2, 0) is 0 Å². The van der Waals surface area contributed by atoms with E-state index in [9.17, 15) is 0 Å². The highest BCUT2D eigenvalue weighted by Gasteiger charge is 2.11. The van der Waals surface area contributed by atoms with E-state index in [1.54, 1.807) is 0 Å². The van der Waals surface area contributed by atoms with Crippen molar-refractivity contribution in [3.05, 3.63) is 21.4 Å². The van der Waals surface area contributed by atoms with E-state index in [0.29, 0.717) is 6.04 Å². The van der Waals surface area contributed by atoms with Crippen LogP contribution in [0.1, 0.15) is 41.1 Å². The van der Waals surface area contributed by atoms with E-state index in [0.717, 1.165) is 12.8 Å². The third-order valence-electron chi connectivity index (χ3n) is 2.61. The first-order chi connectivity index (χ1) is 7.19. The Labute approximate surface area is 96.9 Å². The first kappa shape index (κ1) is 12.3. The van der Waals surface area contributed by atoms with Gasteiger partial charge in [0.05, 0.1) is 0 Å². The number of hydrogen-bond donors (Lipinski definition) is 1. The molecular formula is C13H19NS. The van der Waals surface area contributed by atoms with Crippen LogP contribution in [0.4, 0.5) is 0 Å².